The molecule has 0 unspecified atom stereocenters. The molecule has 256 valence electrons. The largest absolute Gasteiger partial charge is 0.463 e. The number of hydrogen-bond donors (Lipinski definition) is 2. The van der Waals surface area contributed by atoms with Crippen LogP contribution < -0.4 is 5.32 Å². The molecule has 4 fully saturated rings. The second kappa shape index (κ2) is 15.2. The van der Waals surface area contributed by atoms with Crippen molar-refractivity contribution in [2.45, 2.75) is 108 Å². The van der Waals surface area contributed by atoms with Gasteiger partial charge in [0, 0.05) is 19.0 Å². The second-order valence-electron chi connectivity index (χ2n) is 13.8. The summed E-state index contributed by atoms with van der Waals surface area (Å²) in [5, 5.41) is 13.6. The lowest BCUT2D eigenvalue weighted by atomic mass is 9.70. The van der Waals surface area contributed by atoms with Crippen LogP contribution >= 0.6 is 0 Å². The molecule has 3 aliphatic heterocycles. The Balaban J connectivity index is 1.47. The van der Waals surface area contributed by atoms with Crippen molar-refractivity contribution in [3.05, 3.63) is 61.2 Å². The van der Waals surface area contributed by atoms with Gasteiger partial charge in [0.05, 0.1) is 36.6 Å². The van der Waals surface area contributed by atoms with Crippen LogP contribution in [0.15, 0.2) is 55.6 Å². The van der Waals surface area contributed by atoms with Crippen molar-refractivity contribution in [2.75, 3.05) is 19.8 Å². The molecule has 3 heterocycles. The number of fused-ring (bicyclic) bond motifs is 1. The first-order chi connectivity index (χ1) is 22.7. The smallest absolute Gasteiger partial charge is 0.306 e. The van der Waals surface area contributed by atoms with E-state index in [0.29, 0.717) is 25.8 Å². The topological polar surface area (TPSA) is 125 Å². The maximum Gasteiger partial charge on any atom is 0.306 e. The number of amides is 3. The Morgan fingerprint density at radius 1 is 1.13 bits per heavy atom. The van der Waals surface area contributed by atoms with E-state index >= 15 is 0 Å². The Hall–Kier alpha value is -3.50. The van der Waals surface area contributed by atoms with Gasteiger partial charge >= 0.3 is 5.97 Å². The fraction of sp³-hybridized carbons (Fsp3) is 0.622. The number of carbonyl (C=O) groups excluding carboxylic acids is 4. The van der Waals surface area contributed by atoms with E-state index in [9.17, 15) is 24.3 Å². The molecule has 10 nitrogen and oxygen atoms in total. The molecular weight excluding hydrogens is 598 g/mol. The van der Waals surface area contributed by atoms with E-state index in [2.05, 4.69) is 18.5 Å². The van der Waals surface area contributed by atoms with Gasteiger partial charge in [-0.2, -0.15) is 0 Å². The van der Waals surface area contributed by atoms with Crippen molar-refractivity contribution >= 4 is 23.7 Å². The number of allylic oxidation sites excluding steroid dienone is 1. The Morgan fingerprint density at radius 2 is 1.85 bits per heavy atom. The first kappa shape index (κ1) is 34.8. The lowest BCUT2D eigenvalue weighted by Crippen LogP contribution is -2.61. The third-order valence-electron chi connectivity index (χ3n) is 10.7. The summed E-state index contributed by atoms with van der Waals surface area (Å²) in [5.74, 6) is -3.15. The predicted octanol–water partition coefficient (Wildman–Crippen LogP) is 4.09. The van der Waals surface area contributed by atoms with E-state index in [1.807, 2.05) is 49.1 Å². The monoisotopic (exact) mass is 649 g/mol. The third-order valence-corrected chi connectivity index (χ3v) is 10.7. The summed E-state index contributed by atoms with van der Waals surface area (Å²) in [6.07, 6.45) is 9.48. The summed E-state index contributed by atoms with van der Waals surface area (Å²) >= 11 is 0. The zero-order valence-corrected chi connectivity index (χ0v) is 27.9. The maximum absolute atomic E-state index is 14.8. The van der Waals surface area contributed by atoms with E-state index < -0.39 is 47.6 Å². The van der Waals surface area contributed by atoms with Crippen LogP contribution in [0.1, 0.15) is 83.2 Å². The SMILES string of the molecule is C=CCCC(=O)OC[C@@H](NC(=O)[C@@H]1[C@H]2C(=O)N([C@@H](CO)C(C)C)[C@H](C(=O)N(CC=C)C3CCCCC3)[C@]23CC[C@H]1O3)c1ccccc1. The van der Waals surface area contributed by atoms with Crippen LogP contribution in [0.4, 0.5) is 0 Å². The van der Waals surface area contributed by atoms with Gasteiger partial charge < -0.3 is 29.7 Å². The molecule has 10 heteroatoms. The van der Waals surface area contributed by atoms with E-state index in [4.69, 9.17) is 9.47 Å². The van der Waals surface area contributed by atoms with Gasteiger partial charge in [-0.1, -0.05) is 75.6 Å². The number of benzene rings is 1. The Morgan fingerprint density at radius 3 is 2.49 bits per heavy atom. The molecule has 4 aliphatic rings. The molecule has 3 amide bonds. The first-order valence-electron chi connectivity index (χ1n) is 17.3. The zero-order valence-electron chi connectivity index (χ0n) is 27.9. The minimum Gasteiger partial charge on any atom is -0.463 e. The molecule has 5 rings (SSSR count). The molecular formula is C37H51N3O7. The van der Waals surface area contributed by atoms with Crippen LogP contribution in [0.5, 0.6) is 0 Å². The average Bonchev–Trinajstić information content (AvgIpc) is 3.72. The summed E-state index contributed by atoms with van der Waals surface area (Å²) in [6.45, 7) is 11.4. The molecule has 2 bridgehead atoms. The average molecular weight is 650 g/mol. The van der Waals surface area contributed by atoms with Gasteiger partial charge in [-0.05, 0) is 43.6 Å². The van der Waals surface area contributed by atoms with Crippen molar-refractivity contribution in [3.8, 4) is 0 Å². The number of ether oxygens (including phenoxy) is 2. The number of carbonyl (C=O) groups is 4. The van der Waals surface area contributed by atoms with Crippen molar-refractivity contribution in [1.82, 2.24) is 15.1 Å². The highest BCUT2D eigenvalue weighted by Gasteiger charge is 2.75. The fourth-order valence-electron chi connectivity index (χ4n) is 8.40. The fourth-order valence-corrected chi connectivity index (χ4v) is 8.40. The highest BCUT2D eigenvalue weighted by Crippen LogP contribution is 2.59. The number of nitrogens with one attached hydrogen (secondary N) is 1. The first-order valence-corrected chi connectivity index (χ1v) is 17.3. The summed E-state index contributed by atoms with van der Waals surface area (Å²) in [4.78, 5) is 59.5. The van der Waals surface area contributed by atoms with Crippen molar-refractivity contribution in [3.63, 3.8) is 0 Å². The van der Waals surface area contributed by atoms with E-state index in [-0.39, 0.29) is 49.3 Å². The molecule has 1 aromatic carbocycles. The van der Waals surface area contributed by atoms with Gasteiger partial charge in [-0.15, -0.1) is 13.2 Å². The van der Waals surface area contributed by atoms with Crippen molar-refractivity contribution < 1.29 is 33.8 Å². The molecule has 3 saturated heterocycles. The highest BCUT2D eigenvalue weighted by molar-refractivity contribution is 5.99. The standard InChI is InChI=1S/C37H51N3O7/c1-5-7-18-30(42)46-23-27(25-14-10-8-11-15-25)38-34(43)31-29-19-20-37(47-29)32(31)35(44)40(28(22-41)24(3)4)33(37)36(45)39(21-6-2)26-16-12-9-13-17-26/h5-6,8,10-11,14-15,24,26-29,31-33,41H,1-2,7,9,12-13,16-23H2,3-4H3,(H,38,43)/t27-,28+,29-,31+,32+,33-,37+/m1/s1. The quantitative estimate of drug-likeness (QED) is 0.217. The van der Waals surface area contributed by atoms with E-state index in [1.165, 1.54) is 0 Å². The van der Waals surface area contributed by atoms with Gasteiger partial charge in [0.25, 0.3) is 0 Å². The number of nitrogens with zero attached hydrogens (tertiary/aromatic N) is 2. The molecule has 1 aliphatic carbocycles. The lowest BCUT2D eigenvalue weighted by molar-refractivity contribution is -0.154. The van der Waals surface area contributed by atoms with E-state index in [1.54, 1.807) is 17.1 Å². The predicted molar refractivity (Wildman–Crippen MR) is 177 cm³/mol. The molecule has 0 aromatic heterocycles. The normalized spacial score (nSPS) is 28.1. The molecule has 47 heavy (non-hydrogen) atoms. The van der Waals surface area contributed by atoms with Crippen LogP contribution in [0, 0.1) is 17.8 Å². The molecule has 0 radical (unpaired) electrons. The second-order valence-corrected chi connectivity index (χ2v) is 13.8. The third kappa shape index (κ3) is 6.77. The molecule has 1 aromatic rings. The summed E-state index contributed by atoms with van der Waals surface area (Å²) in [7, 11) is 0. The molecule has 1 spiro atoms. The minimum atomic E-state index is -1.18. The van der Waals surface area contributed by atoms with Crippen molar-refractivity contribution in [1.29, 1.82) is 0 Å². The van der Waals surface area contributed by atoms with Gasteiger partial charge in [0.15, 0.2) is 0 Å². The van der Waals surface area contributed by atoms with E-state index in [0.717, 1.165) is 37.7 Å². The number of rotatable bonds is 15. The number of aliphatic hydroxyl groups excluding tert-OH is 1. The minimum absolute atomic E-state index is 0.0341. The Kier molecular flexibility index (Phi) is 11.2. The lowest BCUT2D eigenvalue weighted by Gasteiger charge is -2.43. The summed E-state index contributed by atoms with van der Waals surface area (Å²) in [6, 6.07) is 7.08. The molecule has 2 N–H and O–H groups in total. The number of likely N-dealkylation sites (tertiary alicyclic amines) is 1. The van der Waals surface area contributed by atoms with Gasteiger partial charge in [0.1, 0.15) is 18.2 Å². The highest BCUT2D eigenvalue weighted by atomic mass is 16.5. The Bertz CT molecular complexity index is 1310. The summed E-state index contributed by atoms with van der Waals surface area (Å²) in [5.41, 5.74) is -0.423. The molecule has 1 saturated carbocycles. The molecule has 7 atom stereocenters. The van der Waals surface area contributed by atoms with Crippen LogP contribution in [0.2, 0.25) is 0 Å². The van der Waals surface area contributed by atoms with Gasteiger partial charge in [-0.25, -0.2) is 0 Å². The summed E-state index contributed by atoms with van der Waals surface area (Å²) < 4.78 is 12.2. The van der Waals surface area contributed by atoms with Gasteiger partial charge in [0.2, 0.25) is 17.7 Å². The Labute approximate surface area is 278 Å². The van der Waals surface area contributed by atoms with Crippen LogP contribution in [0.3, 0.4) is 0 Å². The number of esters is 1. The van der Waals surface area contributed by atoms with Crippen LogP contribution in [-0.2, 0) is 28.7 Å². The maximum atomic E-state index is 14.8. The van der Waals surface area contributed by atoms with Crippen LogP contribution in [-0.4, -0.2) is 88.2 Å². The van der Waals surface area contributed by atoms with Crippen LogP contribution in [0.25, 0.3) is 0 Å². The number of hydrogen-bond acceptors (Lipinski definition) is 7. The van der Waals surface area contributed by atoms with Crippen molar-refractivity contribution in [2.24, 2.45) is 17.8 Å². The number of aliphatic hydroxyl groups is 1. The van der Waals surface area contributed by atoms with Gasteiger partial charge in [-0.3, -0.25) is 19.2 Å². The zero-order chi connectivity index (χ0) is 33.7.